The van der Waals surface area contributed by atoms with Crippen molar-refractivity contribution < 1.29 is 14.7 Å². The largest absolute Gasteiger partial charge is 0.391 e. The van der Waals surface area contributed by atoms with Crippen LogP contribution in [0.15, 0.2) is 0 Å². The summed E-state index contributed by atoms with van der Waals surface area (Å²) < 4.78 is 0. The summed E-state index contributed by atoms with van der Waals surface area (Å²) in [6.07, 6.45) is 0.229. The summed E-state index contributed by atoms with van der Waals surface area (Å²) in [5.74, 6) is -0.347. The molecule has 0 bridgehead atoms. The van der Waals surface area contributed by atoms with E-state index in [1.165, 1.54) is 6.92 Å². The molecule has 1 rings (SSSR count). The summed E-state index contributed by atoms with van der Waals surface area (Å²) >= 11 is 0. The zero-order chi connectivity index (χ0) is 9.84. The van der Waals surface area contributed by atoms with Gasteiger partial charge in [-0.15, -0.1) is 0 Å². The zero-order valence-electron chi connectivity index (χ0n) is 7.62. The third kappa shape index (κ3) is 3.02. The summed E-state index contributed by atoms with van der Waals surface area (Å²) in [6.45, 7) is 2.37. The smallest absolute Gasteiger partial charge is 0.242 e. The predicted molar refractivity (Wildman–Crippen MR) is 45.9 cm³/mol. The second-order valence-corrected chi connectivity index (χ2v) is 3.19. The zero-order valence-corrected chi connectivity index (χ0v) is 7.62. The minimum atomic E-state index is -0.402. The number of nitrogens with one attached hydrogen (secondary N) is 1. The number of likely N-dealkylation sites (tertiary alicyclic amines) is 1. The van der Waals surface area contributed by atoms with E-state index < -0.39 is 6.10 Å². The first-order valence-electron chi connectivity index (χ1n) is 4.30. The Bertz CT molecular complexity index is 217. The lowest BCUT2D eigenvalue weighted by molar-refractivity contribution is -0.131. The number of aliphatic hydroxyl groups excluding tert-OH is 1. The first-order valence-corrected chi connectivity index (χ1v) is 4.30. The number of carbonyl (C=O) groups is 2. The van der Waals surface area contributed by atoms with Gasteiger partial charge in [0.1, 0.15) is 0 Å². The number of hydrogen-bond acceptors (Lipinski definition) is 3. The van der Waals surface area contributed by atoms with Crippen LogP contribution in [0.5, 0.6) is 0 Å². The number of rotatable bonds is 2. The average molecular weight is 186 g/mol. The molecule has 0 aliphatic carbocycles. The number of carbonyl (C=O) groups excluding carboxylic acids is 2. The fourth-order valence-corrected chi connectivity index (χ4v) is 1.28. The molecule has 1 aliphatic rings. The number of amides is 2. The predicted octanol–water partition coefficient (Wildman–Crippen LogP) is -1.28. The van der Waals surface area contributed by atoms with Crippen LogP contribution in [-0.2, 0) is 9.59 Å². The highest BCUT2D eigenvalue weighted by Crippen LogP contribution is 2.07. The first kappa shape index (κ1) is 9.98. The van der Waals surface area contributed by atoms with Gasteiger partial charge in [-0.3, -0.25) is 9.59 Å². The molecule has 0 radical (unpaired) electrons. The van der Waals surface area contributed by atoms with Crippen LogP contribution in [-0.4, -0.2) is 47.6 Å². The molecule has 0 aromatic heterocycles. The lowest BCUT2D eigenvalue weighted by Crippen LogP contribution is -2.38. The molecule has 1 fully saturated rings. The van der Waals surface area contributed by atoms with E-state index in [4.69, 9.17) is 5.11 Å². The van der Waals surface area contributed by atoms with Gasteiger partial charge in [-0.25, -0.2) is 0 Å². The fraction of sp³-hybridized carbons (Fsp3) is 0.750. The van der Waals surface area contributed by atoms with Crippen LogP contribution < -0.4 is 5.32 Å². The van der Waals surface area contributed by atoms with Crippen molar-refractivity contribution in [1.29, 1.82) is 0 Å². The Labute approximate surface area is 76.7 Å². The molecular formula is C8H14N2O3. The van der Waals surface area contributed by atoms with Crippen molar-refractivity contribution >= 4 is 11.8 Å². The molecule has 1 heterocycles. The topological polar surface area (TPSA) is 69.6 Å². The number of nitrogens with zero attached hydrogens (tertiary/aromatic N) is 1. The van der Waals surface area contributed by atoms with E-state index in [9.17, 15) is 9.59 Å². The Morgan fingerprint density at radius 1 is 1.62 bits per heavy atom. The van der Waals surface area contributed by atoms with Gasteiger partial charge in [0.05, 0.1) is 12.6 Å². The quantitative estimate of drug-likeness (QED) is 0.564. The van der Waals surface area contributed by atoms with Crippen molar-refractivity contribution in [3.05, 3.63) is 0 Å². The number of aliphatic hydroxyl groups is 1. The normalized spacial score (nSPS) is 21.7. The van der Waals surface area contributed by atoms with E-state index in [1.54, 1.807) is 4.90 Å². The average Bonchev–Trinajstić information content (AvgIpc) is 2.47. The van der Waals surface area contributed by atoms with Crippen LogP contribution in [0.3, 0.4) is 0 Å². The van der Waals surface area contributed by atoms with Crippen molar-refractivity contribution in [2.75, 3.05) is 19.6 Å². The monoisotopic (exact) mass is 186 g/mol. The van der Waals surface area contributed by atoms with Crippen molar-refractivity contribution in [3.8, 4) is 0 Å². The van der Waals surface area contributed by atoms with Gasteiger partial charge in [0, 0.05) is 20.0 Å². The Hall–Kier alpha value is -1.10. The molecule has 0 aromatic carbocycles. The molecule has 1 saturated heterocycles. The molecule has 13 heavy (non-hydrogen) atoms. The van der Waals surface area contributed by atoms with Crippen LogP contribution in [0.25, 0.3) is 0 Å². The summed E-state index contributed by atoms with van der Waals surface area (Å²) in [5, 5.41) is 11.6. The van der Waals surface area contributed by atoms with Crippen LogP contribution in [0.2, 0.25) is 0 Å². The highest BCUT2D eigenvalue weighted by molar-refractivity contribution is 5.83. The Kier molecular flexibility index (Phi) is 3.25. The van der Waals surface area contributed by atoms with E-state index in [1.807, 2.05) is 0 Å². The first-order chi connectivity index (χ1) is 6.09. The Morgan fingerprint density at radius 2 is 2.31 bits per heavy atom. The lowest BCUT2D eigenvalue weighted by atomic mass is 10.3. The van der Waals surface area contributed by atoms with Crippen molar-refractivity contribution in [3.63, 3.8) is 0 Å². The molecular weight excluding hydrogens is 172 g/mol. The van der Waals surface area contributed by atoms with Crippen LogP contribution in [0.1, 0.15) is 13.3 Å². The molecule has 0 saturated carbocycles. The van der Waals surface area contributed by atoms with Gasteiger partial charge < -0.3 is 15.3 Å². The van der Waals surface area contributed by atoms with Gasteiger partial charge in [0.2, 0.25) is 11.8 Å². The van der Waals surface area contributed by atoms with Gasteiger partial charge in [-0.05, 0) is 6.42 Å². The molecule has 0 unspecified atom stereocenters. The SMILES string of the molecule is CC(=O)NCC(=O)N1CC[C@H](O)C1. The van der Waals surface area contributed by atoms with E-state index in [0.29, 0.717) is 19.5 Å². The molecule has 1 atom stereocenters. The maximum absolute atomic E-state index is 11.3. The fourth-order valence-electron chi connectivity index (χ4n) is 1.28. The summed E-state index contributed by atoms with van der Waals surface area (Å²) in [7, 11) is 0. The Balaban J connectivity index is 2.27. The van der Waals surface area contributed by atoms with Crippen LogP contribution in [0.4, 0.5) is 0 Å². The maximum atomic E-state index is 11.3. The van der Waals surface area contributed by atoms with Gasteiger partial charge in [0.15, 0.2) is 0 Å². The minimum absolute atomic E-state index is 0.0298. The van der Waals surface area contributed by atoms with Crippen molar-refractivity contribution in [2.24, 2.45) is 0 Å². The van der Waals surface area contributed by atoms with Gasteiger partial charge in [-0.2, -0.15) is 0 Å². The molecule has 2 amide bonds. The minimum Gasteiger partial charge on any atom is -0.391 e. The number of hydrogen-bond donors (Lipinski definition) is 2. The molecule has 0 aromatic rings. The van der Waals surface area contributed by atoms with Gasteiger partial charge in [-0.1, -0.05) is 0 Å². The Morgan fingerprint density at radius 3 is 2.77 bits per heavy atom. The number of β-amino-alcohol motifs (C(OH)–C–C–N with tert-alkyl or cyclic N) is 1. The summed E-state index contributed by atoms with van der Waals surface area (Å²) in [4.78, 5) is 23.3. The van der Waals surface area contributed by atoms with Gasteiger partial charge >= 0.3 is 0 Å². The third-order valence-electron chi connectivity index (χ3n) is 2.00. The summed E-state index contributed by atoms with van der Waals surface area (Å²) in [6, 6.07) is 0. The summed E-state index contributed by atoms with van der Waals surface area (Å²) in [5.41, 5.74) is 0. The van der Waals surface area contributed by atoms with Crippen LogP contribution in [0, 0.1) is 0 Å². The molecule has 5 nitrogen and oxygen atoms in total. The second-order valence-electron chi connectivity index (χ2n) is 3.19. The highest BCUT2D eigenvalue weighted by Gasteiger charge is 2.23. The third-order valence-corrected chi connectivity index (χ3v) is 2.00. The lowest BCUT2D eigenvalue weighted by Gasteiger charge is -2.15. The van der Waals surface area contributed by atoms with Crippen molar-refractivity contribution in [2.45, 2.75) is 19.4 Å². The van der Waals surface area contributed by atoms with E-state index >= 15 is 0 Å². The standard InChI is InChI=1S/C8H14N2O3/c1-6(11)9-4-8(13)10-3-2-7(12)5-10/h7,12H,2-5H2,1H3,(H,9,11)/t7-/m0/s1. The van der Waals surface area contributed by atoms with E-state index in [0.717, 1.165) is 0 Å². The van der Waals surface area contributed by atoms with Gasteiger partial charge in [0.25, 0.3) is 0 Å². The molecule has 0 spiro atoms. The van der Waals surface area contributed by atoms with Crippen LogP contribution >= 0.6 is 0 Å². The van der Waals surface area contributed by atoms with Crippen molar-refractivity contribution in [1.82, 2.24) is 10.2 Å². The van der Waals surface area contributed by atoms with E-state index in [2.05, 4.69) is 5.32 Å². The van der Waals surface area contributed by atoms with E-state index in [-0.39, 0.29) is 18.4 Å². The second kappa shape index (κ2) is 4.23. The molecule has 2 N–H and O–H groups in total. The molecule has 74 valence electrons. The maximum Gasteiger partial charge on any atom is 0.242 e. The molecule has 5 heteroatoms. The molecule has 1 aliphatic heterocycles. The highest BCUT2D eigenvalue weighted by atomic mass is 16.3.